The molecular formula is C26H32BFN2O6. The summed E-state index contributed by atoms with van der Waals surface area (Å²) in [7, 11) is 6.53. The second-order valence-corrected chi connectivity index (χ2v) is 8.23. The summed E-state index contributed by atoms with van der Waals surface area (Å²) in [5, 5.41) is 19.6. The maximum atomic E-state index is 13.6. The van der Waals surface area contributed by atoms with Crippen LogP contribution in [-0.4, -0.2) is 61.2 Å². The van der Waals surface area contributed by atoms with Crippen LogP contribution in [0.4, 0.5) is 10.1 Å². The van der Waals surface area contributed by atoms with Crippen molar-refractivity contribution in [1.29, 1.82) is 0 Å². The molecule has 0 aliphatic carbocycles. The third-order valence-corrected chi connectivity index (χ3v) is 5.48. The molecule has 192 valence electrons. The predicted octanol–water partition coefficient (Wildman–Crippen LogP) is 3.17. The Morgan fingerprint density at radius 3 is 2.50 bits per heavy atom. The van der Waals surface area contributed by atoms with Gasteiger partial charge in [-0.05, 0) is 51.1 Å². The molecule has 10 heteroatoms. The van der Waals surface area contributed by atoms with Gasteiger partial charge < -0.3 is 24.3 Å². The topological polar surface area (TPSA) is 110 Å². The van der Waals surface area contributed by atoms with Crippen molar-refractivity contribution in [1.82, 2.24) is 4.57 Å². The van der Waals surface area contributed by atoms with Gasteiger partial charge in [0, 0.05) is 0 Å². The maximum Gasteiger partial charge on any atom is 0.347 e. The number of carbonyl (C=O) groups is 1. The molecule has 2 aromatic rings. The highest BCUT2D eigenvalue weighted by Gasteiger charge is 2.29. The van der Waals surface area contributed by atoms with Gasteiger partial charge in [-0.1, -0.05) is 36.5 Å². The monoisotopic (exact) mass is 498 g/mol. The summed E-state index contributed by atoms with van der Waals surface area (Å²) >= 11 is 0. The summed E-state index contributed by atoms with van der Waals surface area (Å²) in [5.41, 5.74) is 0.440. The molecule has 1 atom stereocenters. The van der Waals surface area contributed by atoms with E-state index in [0.717, 1.165) is 16.6 Å². The molecule has 1 aromatic carbocycles. The standard InChI is InChI=1S/C26H32BFN2O6/c1-5-7-12-36-24-20(26(34)35-6-2)25(33)30(14-19(32)15-31)23(22(24)29-4)21(27)16(3)13-17-8-10-18(28)11-9-17/h8-11,19,31-32H,4-7,12-15H2,1-3H3/b21-16-. The van der Waals surface area contributed by atoms with Crippen molar-refractivity contribution in [3.05, 3.63) is 62.8 Å². The molecule has 8 nitrogen and oxygen atoms in total. The van der Waals surface area contributed by atoms with Gasteiger partial charge in [0.05, 0.1) is 38.2 Å². The lowest BCUT2D eigenvalue weighted by Gasteiger charge is -2.24. The molecule has 0 aliphatic heterocycles. The Morgan fingerprint density at radius 1 is 1.28 bits per heavy atom. The SMILES string of the molecule is [B]/C(=C(/C)Cc1ccc(F)cc1)c1c(N=C)c(OCCCC)c(C(=O)OCC)c(=O)n1CC(O)CO. The number of nitrogens with zero attached hydrogens (tertiary/aromatic N) is 2. The number of hydrogen-bond donors (Lipinski definition) is 2. The van der Waals surface area contributed by atoms with Crippen LogP contribution in [0.5, 0.6) is 5.75 Å². The van der Waals surface area contributed by atoms with Crippen LogP contribution >= 0.6 is 0 Å². The zero-order chi connectivity index (χ0) is 26.8. The lowest BCUT2D eigenvalue weighted by molar-refractivity contribution is 0.0515. The number of aliphatic hydroxyl groups is 2. The Kier molecular flexibility index (Phi) is 11.1. The predicted molar refractivity (Wildman–Crippen MR) is 138 cm³/mol. The van der Waals surface area contributed by atoms with Gasteiger partial charge in [0.25, 0.3) is 5.56 Å². The van der Waals surface area contributed by atoms with Crippen LogP contribution in [0.1, 0.15) is 55.2 Å². The van der Waals surface area contributed by atoms with Crippen LogP contribution in [0.15, 0.2) is 39.6 Å². The molecule has 0 saturated carbocycles. The Bertz CT molecular complexity index is 1160. The van der Waals surface area contributed by atoms with E-state index in [4.69, 9.17) is 17.3 Å². The van der Waals surface area contributed by atoms with Gasteiger partial charge in [0.1, 0.15) is 19.4 Å². The van der Waals surface area contributed by atoms with E-state index in [1.165, 1.54) is 12.1 Å². The summed E-state index contributed by atoms with van der Waals surface area (Å²) in [6.07, 6.45) is 0.448. The Labute approximate surface area is 211 Å². The Balaban J connectivity index is 2.86. The normalized spacial score (nSPS) is 12.6. The highest BCUT2D eigenvalue weighted by molar-refractivity contribution is 6.43. The summed E-state index contributed by atoms with van der Waals surface area (Å²) in [5.74, 6) is -1.39. The summed E-state index contributed by atoms with van der Waals surface area (Å²) < 4.78 is 25.4. The molecule has 0 amide bonds. The number of pyridine rings is 1. The fourth-order valence-electron chi connectivity index (χ4n) is 3.60. The lowest BCUT2D eigenvalue weighted by Crippen LogP contribution is -2.35. The molecule has 0 saturated heterocycles. The van der Waals surface area contributed by atoms with E-state index in [-0.39, 0.29) is 48.2 Å². The fourth-order valence-corrected chi connectivity index (χ4v) is 3.60. The largest absolute Gasteiger partial charge is 0.490 e. The smallest absolute Gasteiger partial charge is 0.347 e. The van der Waals surface area contributed by atoms with Gasteiger partial charge in [-0.25, -0.2) is 9.18 Å². The maximum absolute atomic E-state index is 13.6. The number of benzene rings is 1. The molecule has 1 unspecified atom stereocenters. The zero-order valence-electron chi connectivity index (χ0n) is 20.9. The molecular weight excluding hydrogens is 466 g/mol. The minimum Gasteiger partial charge on any atom is -0.490 e. The van der Waals surface area contributed by atoms with E-state index in [2.05, 4.69) is 11.7 Å². The van der Waals surface area contributed by atoms with Crippen molar-refractivity contribution < 1.29 is 28.9 Å². The van der Waals surface area contributed by atoms with E-state index in [0.29, 0.717) is 18.4 Å². The molecule has 2 N–H and O–H groups in total. The van der Waals surface area contributed by atoms with Crippen LogP contribution in [-0.2, 0) is 17.7 Å². The van der Waals surface area contributed by atoms with Gasteiger partial charge >= 0.3 is 5.97 Å². The Hall–Kier alpha value is -3.24. The first-order valence-corrected chi connectivity index (χ1v) is 11.8. The number of hydrogen-bond acceptors (Lipinski definition) is 7. The molecule has 0 bridgehead atoms. The summed E-state index contributed by atoms with van der Waals surface area (Å²) in [6, 6.07) is 5.89. The molecule has 2 radical (unpaired) electrons. The molecule has 36 heavy (non-hydrogen) atoms. The molecule has 1 aromatic heterocycles. The third kappa shape index (κ3) is 6.92. The molecule has 2 rings (SSSR count). The summed E-state index contributed by atoms with van der Waals surface area (Å²) in [6.45, 7) is 8.11. The van der Waals surface area contributed by atoms with Crippen LogP contribution in [0, 0.1) is 5.82 Å². The van der Waals surface area contributed by atoms with E-state index in [1.54, 1.807) is 26.0 Å². The van der Waals surface area contributed by atoms with Crippen LogP contribution in [0.3, 0.4) is 0 Å². The second kappa shape index (κ2) is 13.7. The van der Waals surface area contributed by atoms with Gasteiger partial charge in [-0.15, -0.1) is 0 Å². The summed E-state index contributed by atoms with van der Waals surface area (Å²) in [4.78, 5) is 30.5. The average Bonchev–Trinajstić information content (AvgIpc) is 2.86. The highest BCUT2D eigenvalue weighted by atomic mass is 19.1. The highest BCUT2D eigenvalue weighted by Crippen LogP contribution is 2.38. The number of rotatable bonds is 13. The van der Waals surface area contributed by atoms with E-state index < -0.39 is 29.8 Å². The van der Waals surface area contributed by atoms with Crippen LogP contribution in [0.2, 0.25) is 0 Å². The molecule has 0 aliphatic rings. The number of aliphatic hydroxyl groups excluding tert-OH is 2. The van der Waals surface area contributed by atoms with Gasteiger partial charge in [-0.3, -0.25) is 9.79 Å². The number of carbonyl (C=O) groups excluding carboxylic acids is 1. The van der Waals surface area contributed by atoms with E-state index >= 15 is 0 Å². The first kappa shape index (κ1) is 29.0. The van der Waals surface area contributed by atoms with Crippen molar-refractivity contribution in [3.63, 3.8) is 0 Å². The lowest BCUT2D eigenvalue weighted by atomic mass is 9.83. The quantitative estimate of drug-likeness (QED) is 0.190. The minimum atomic E-state index is -1.33. The van der Waals surface area contributed by atoms with E-state index in [9.17, 15) is 24.2 Å². The van der Waals surface area contributed by atoms with Gasteiger partial charge in [0.2, 0.25) is 0 Å². The molecule has 0 spiro atoms. The van der Waals surface area contributed by atoms with Crippen molar-refractivity contribution in [2.75, 3.05) is 19.8 Å². The zero-order valence-corrected chi connectivity index (χ0v) is 20.9. The number of aliphatic imine (C=N–C) groups is 1. The van der Waals surface area contributed by atoms with Gasteiger partial charge in [0.15, 0.2) is 11.3 Å². The number of ether oxygens (including phenoxy) is 2. The number of esters is 1. The first-order chi connectivity index (χ1) is 17.2. The van der Waals surface area contributed by atoms with Crippen LogP contribution in [0.25, 0.3) is 5.47 Å². The number of unbranched alkanes of at least 4 members (excludes halogenated alkanes) is 1. The number of halogens is 1. The van der Waals surface area contributed by atoms with Crippen LogP contribution < -0.4 is 10.3 Å². The Morgan fingerprint density at radius 2 is 1.94 bits per heavy atom. The first-order valence-electron chi connectivity index (χ1n) is 11.8. The van der Waals surface area contributed by atoms with Crippen molar-refractivity contribution >= 4 is 31.7 Å². The number of allylic oxidation sites excluding steroid dienone is 1. The van der Waals surface area contributed by atoms with E-state index in [1.807, 2.05) is 6.92 Å². The fraction of sp³-hybridized carbons (Fsp3) is 0.423. The molecule has 1 heterocycles. The third-order valence-electron chi connectivity index (χ3n) is 5.48. The van der Waals surface area contributed by atoms with Crippen molar-refractivity contribution in [2.24, 2.45) is 4.99 Å². The van der Waals surface area contributed by atoms with Crippen molar-refractivity contribution in [3.8, 4) is 5.75 Å². The van der Waals surface area contributed by atoms with Gasteiger partial charge in [-0.2, -0.15) is 0 Å². The second-order valence-electron chi connectivity index (χ2n) is 8.23. The number of aromatic nitrogens is 1. The minimum absolute atomic E-state index is 0.0172. The average molecular weight is 498 g/mol. The molecule has 0 fully saturated rings. The van der Waals surface area contributed by atoms with Crippen molar-refractivity contribution in [2.45, 2.75) is 52.7 Å².